The normalized spacial score (nSPS) is 13.5. The fraction of sp³-hybridized carbons (Fsp3) is 0.538. The molecule has 1 heterocycles. The van der Waals surface area contributed by atoms with Crippen molar-refractivity contribution in [2.24, 2.45) is 0 Å². The van der Waals surface area contributed by atoms with E-state index in [1.54, 1.807) is 0 Å². The lowest BCUT2D eigenvalue weighted by Gasteiger charge is -2.20. The summed E-state index contributed by atoms with van der Waals surface area (Å²) < 4.78 is 11.1. The summed E-state index contributed by atoms with van der Waals surface area (Å²) in [6, 6.07) is 4.07. The first-order valence-corrected chi connectivity index (χ1v) is 6.10. The fourth-order valence-corrected chi connectivity index (χ4v) is 1.87. The molecule has 0 fully saturated rings. The summed E-state index contributed by atoms with van der Waals surface area (Å²) in [5.74, 6) is 1.70. The maximum Gasteiger partial charge on any atom is 0.163 e. The number of fused-ring (bicyclic) bond motifs is 1. The van der Waals surface area contributed by atoms with Gasteiger partial charge in [0.2, 0.25) is 0 Å². The largest absolute Gasteiger partial charge is 0.486 e. The van der Waals surface area contributed by atoms with E-state index in [4.69, 9.17) is 9.47 Å². The zero-order chi connectivity index (χ0) is 12.1. The second-order valence-electron chi connectivity index (χ2n) is 4.19. The molecule has 1 aliphatic heterocycles. The first kappa shape index (κ1) is 12.0. The molecule has 0 aliphatic carbocycles. The number of aryl methyl sites for hydroxylation is 1. The van der Waals surface area contributed by atoms with E-state index in [2.05, 4.69) is 17.6 Å². The van der Waals surface area contributed by atoms with Crippen LogP contribution in [0.4, 0.5) is 5.69 Å². The lowest BCUT2D eigenvalue weighted by Crippen LogP contribution is -2.16. The summed E-state index contributed by atoms with van der Waals surface area (Å²) in [7, 11) is 1.97. The minimum atomic E-state index is 0.634. The maximum atomic E-state index is 5.57. The van der Waals surface area contributed by atoms with Crippen LogP contribution < -0.4 is 20.1 Å². The average molecular weight is 236 g/mol. The smallest absolute Gasteiger partial charge is 0.163 e. The molecular formula is C13H20N2O2. The van der Waals surface area contributed by atoms with Gasteiger partial charge in [-0.05, 0) is 38.6 Å². The molecule has 4 heteroatoms. The zero-order valence-electron chi connectivity index (χ0n) is 10.5. The van der Waals surface area contributed by atoms with Gasteiger partial charge in [-0.1, -0.05) is 0 Å². The molecule has 0 radical (unpaired) electrons. The second-order valence-corrected chi connectivity index (χ2v) is 4.19. The summed E-state index contributed by atoms with van der Waals surface area (Å²) in [5, 5.41) is 6.56. The number of anilines is 1. The Hall–Kier alpha value is -1.42. The molecule has 0 saturated heterocycles. The van der Waals surface area contributed by atoms with E-state index in [-0.39, 0.29) is 0 Å². The molecule has 2 N–H and O–H groups in total. The molecule has 94 valence electrons. The Bertz CT molecular complexity index is 380. The van der Waals surface area contributed by atoms with Crippen molar-refractivity contribution in [1.29, 1.82) is 0 Å². The Kier molecular flexibility index (Phi) is 4.09. The van der Waals surface area contributed by atoms with Crippen LogP contribution in [0, 0.1) is 6.92 Å². The maximum absolute atomic E-state index is 5.57. The van der Waals surface area contributed by atoms with E-state index in [1.807, 2.05) is 19.2 Å². The fourth-order valence-electron chi connectivity index (χ4n) is 1.87. The van der Waals surface area contributed by atoms with Gasteiger partial charge >= 0.3 is 0 Å². The molecule has 1 aromatic rings. The van der Waals surface area contributed by atoms with Crippen molar-refractivity contribution in [1.82, 2.24) is 5.32 Å². The van der Waals surface area contributed by atoms with Crippen molar-refractivity contribution >= 4 is 5.69 Å². The topological polar surface area (TPSA) is 42.5 Å². The highest BCUT2D eigenvalue weighted by Gasteiger charge is 2.13. The Morgan fingerprint density at radius 3 is 2.53 bits per heavy atom. The summed E-state index contributed by atoms with van der Waals surface area (Å²) in [5.41, 5.74) is 2.32. The monoisotopic (exact) mass is 236 g/mol. The number of nitrogens with one attached hydrogen (secondary N) is 2. The van der Waals surface area contributed by atoms with Gasteiger partial charge in [-0.2, -0.15) is 0 Å². The van der Waals surface area contributed by atoms with E-state index in [1.165, 1.54) is 5.56 Å². The van der Waals surface area contributed by atoms with Crippen molar-refractivity contribution in [3.8, 4) is 11.5 Å². The van der Waals surface area contributed by atoms with Crippen LogP contribution in [0.5, 0.6) is 11.5 Å². The summed E-state index contributed by atoms with van der Waals surface area (Å²) in [6.45, 7) is 5.34. The van der Waals surface area contributed by atoms with Crippen LogP contribution in [0.1, 0.15) is 12.0 Å². The summed E-state index contributed by atoms with van der Waals surface area (Å²) in [6.07, 6.45) is 1.10. The predicted octanol–water partition coefficient (Wildman–Crippen LogP) is 1.79. The molecule has 0 unspecified atom stereocenters. The second kappa shape index (κ2) is 5.77. The first-order valence-electron chi connectivity index (χ1n) is 6.10. The van der Waals surface area contributed by atoms with Gasteiger partial charge in [-0.25, -0.2) is 0 Å². The number of hydrogen-bond donors (Lipinski definition) is 2. The Balaban J connectivity index is 2.01. The van der Waals surface area contributed by atoms with Crippen LogP contribution in [0.15, 0.2) is 12.1 Å². The lowest BCUT2D eigenvalue weighted by molar-refractivity contribution is 0.171. The quantitative estimate of drug-likeness (QED) is 0.765. The minimum Gasteiger partial charge on any atom is -0.486 e. The predicted molar refractivity (Wildman–Crippen MR) is 69.2 cm³/mol. The van der Waals surface area contributed by atoms with Gasteiger partial charge in [0.15, 0.2) is 11.5 Å². The molecule has 0 atom stereocenters. The van der Waals surface area contributed by atoms with E-state index < -0.39 is 0 Å². The van der Waals surface area contributed by atoms with Crippen LogP contribution in [-0.4, -0.2) is 33.4 Å². The third-order valence-corrected chi connectivity index (χ3v) is 2.81. The number of rotatable bonds is 5. The molecule has 0 amide bonds. The molecule has 1 aromatic carbocycles. The molecule has 1 aliphatic rings. The first-order chi connectivity index (χ1) is 8.31. The van der Waals surface area contributed by atoms with Gasteiger partial charge in [0.05, 0.1) is 0 Å². The van der Waals surface area contributed by atoms with Gasteiger partial charge < -0.3 is 20.1 Å². The standard InChI is InChI=1S/C13H20N2O2/c1-10-8-12-13(17-7-6-16-12)9-11(10)15-5-3-4-14-2/h8-9,14-15H,3-7H2,1-2H3. The third-order valence-electron chi connectivity index (χ3n) is 2.81. The van der Waals surface area contributed by atoms with Crippen LogP contribution in [0.2, 0.25) is 0 Å². The highest BCUT2D eigenvalue weighted by Crippen LogP contribution is 2.35. The molecule has 17 heavy (non-hydrogen) atoms. The average Bonchev–Trinajstić information content (AvgIpc) is 2.35. The third kappa shape index (κ3) is 3.03. The van der Waals surface area contributed by atoms with Crippen LogP contribution >= 0.6 is 0 Å². The van der Waals surface area contributed by atoms with Crippen molar-refractivity contribution in [2.75, 3.05) is 38.7 Å². The molecule has 4 nitrogen and oxygen atoms in total. The highest BCUT2D eigenvalue weighted by atomic mass is 16.6. The molecule has 0 saturated carbocycles. The zero-order valence-corrected chi connectivity index (χ0v) is 10.5. The van der Waals surface area contributed by atoms with Gasteiger partial charge in [0.25, 0.3) is 0 Å². The van der Waals surface area contributed by atoms with Crippen LogP contribution in [-0.2, 0) is 0 Å². The summed E-state index contributed by atoms with van der Waals surface area (Å²) >= 11 is 0. The van der Waals surface area contributed by atoms with E-state index >= 15 is 0 Å². The van der Waals surface area contributed by atoms with Crippen molar-refractivity contribution < 1.29 is 9.47 Å². The molecular weight excluding hydrogens is 216 g/mol. The van der Waals surface area contributed by atoms with Crippen molar-refractivity contribution in [3.63, 3.8) is 0 Å². The minimum absolute atomic E-state index is 0.634. The van der Waals surface area contributed by atoms with E-state index in [0.717, 1.165) is 36.7 Å². The Morgan fingerprint density at radius 2 is 1.82 bits per heavy atom. The van der Waals surface area contributed by atoms with E-state index in [9.17, 15) is 0 Å². The van der Waals surface area contributed by atoms with Crippen molar-refractivity contribution in [2.45, 2.75) is 13.3 Å². The van der Waals surface area contributed by atoms with Crippen LogP contribution in [0.25, 0.3) is 0 Å². The van der Waals surface area contributed by atoms with Crippen molar-refractivity contribution in [3.05, 3.63) is 17.7 Å². The van der Waals surface area contributed by atoms with Gasteiger partial charge in [0.1, 0.15) is 13.2 Å². The van der Waals surface area contributed by atoms with Gasteiger partial charge in [-0.15, -0.1) is 0 Å². The van der Waals surface area contributed by atoms with Crippen LogP contribution in [0.3, 0.4) is 0 Å². The molecule has 0 bridgehead atoms. The molecule has 2 rings (SSSR count). The SMILES string of the molecule is CNCCCNc1cc2c(cc1C)OCCO2. The lowest BCUT2D eigenvalue weighted by atomic mass is 10.1. The van der Waals surface area contributed by atoms with Gasteiger partial charge in [-0.3, -0.25) is 0 Å². The molecule has 0 spiro atoms. The number of ether oxygens (including phenoxy) is 2. The number of hydrogen-bond acceptors (Lipinski definition) is 4. The Labute approximate surface area is 102 Å². The summed E-state index contributed by atoms with van der Waals surface area (Å²) in [4.78, 5) is 0. The number of benzene rings is 1. The van der Waals surface area contributed by atoms with E-state index in [0.29, 0.717) is 13.2 Å². The highest BCUT2D eigenvalue weighted by molar-refractivity contribution is 5.60. The Morgan fingerprint density at radius 1 is 1.12 bits per heavy atom. The molecule has 0 aromatic heterocycles. The van der Waals surface area contributed by atoms with Gasteiger partial charge in [0, 0.05) is 18.3 Å².